The first-order valence-corrected chi connectivity index (χ1v) is 16.9. The van der Waals surface area contributed by atoms with E-state index in [4.69, 9.17) is 10.5 Å². The number of hydrogen-bond donors (Lipinski definition) is 1. The number of methoxy groups -OCH3 is 1. The van der Waals surface area contributed by atoms with Gasteiger partial charge in [-0.3, -0.25) is 0 Å². The van der Waals surface area contributed by atoms with Gasteiger partial charge in [-0.05, 0) is 61.0 Å². The molecular weight excluding hydrogens is 591 g/mol. The second kappa shape index (κ2) is 11.1. The van der Waals surface area contributed by atoms with Gasteiger partial charge in [0.25, 0.3) is 0 Å². The van der Waals surface area contributed by atoms with E-state index >= 15 is 0 Å². The maximum absolute atomic E-state index is 6.62. The van der Waals surface area contributed by atoms with Gasteiger partial charge in [0, 0.05) is 43.8 Å². The molecule has 1 aliphatic carbocycles. The fourth-order valence-electron chi connectivity index (χ4n) is 7.48. The Hall–Kier alpha value is -5.51. The summed E-state index contributed by atoms with van der Waals surface area (Å²) in [5.74, 6) is 1.75. The standard InChI is InChI=1S/C44H31NOS/c1-46-43-40(29-11-3-2-4-12-29)38(36-17-9-16-34-33-14-7-8-15-35(33)42(43)41(34)36)30-20-18-27(19-21-30)26-47-44-37(45)25-24-31-23-22-28-10-5-6-13-32(28)39(31)44/h2-25H,26,45H2,1H3. The van der Waals surface area contributed by atoms with Crippen molar-refractivity contribution in [1.29, 1.82) is 0 Å². The van der Waals surface area contributed by atoms with Crippen LogP contribution >= 0.6 is 11.8 Å². The number of nitrogen functional groups attached to an aromatic ring is 1. The lowest BCUT2D eigenvalue weighted by molar-refractivity contribution is 0.419. The molecule has 0 unspecified atom stereocenters. The van der Waals surface area contributed by atoms with E-state index < -0.39 is 0 Å². The molecule has 0 spiro atoms. The molecule has 0 atom stereocenters. The first-order chi connectivity index (χ1) is 23.2. The largest absolute Gasteiger partial charge is 0.495 e. The molecule has 0 aliphatic heterocycles. The molecule has 0 saturated carbocycles. The molecule has 47 heavy (non-hydrogen) atoms. The zero-order valence-electron chi connectivity index (χ0n) is 26.0. The molecule has 0 fully saturated rings. The molecule has 0 heterocycles. The van der Waals surface area contributed by atoms with Gasteiger partial charge in [-0.1, -0.05) is 140 Å². The second-order valence-electron chi connectivity index (χ2n) is 12.2. The number of ether oxygens (including phenoxy) is 1. The molecule has 8 aromatic rings. The molecule has 0 bridgehead atoms. The van der Waals surface area contributed by atoms with Crippen LogP contribution < -0.4 is 10.5 Å². The molecule has 0 aromatic heterocycles. The lowest BCUT2D eigenvalue weighted by Crippen LogP contribution is -1.96. The zero-order chi connectivity index (χ0) is 31.5. The van der Waals surface area contributed by atoms with Crippen LogP contribution in [0.2, 0.25) is 0 Å². The Labute approximate surface area is 278 Å². The lowest BCUT2D eigenvalue weighted by atomic mass is 9.85. The summed E-state index contributed by atoms with van der Waals surface area (Å²) in [7, 11) is 1.81. The third kappa shape index (κ3) is 4.35. The molecule has 0 amide bonds. The topological polar surface area (TPSA) is 35.2 Å². The van der Waals surface area contributed by atoms with Gasteiger partial charge >= 0.3 is 0 Å². The molecule has 0 saturated heterocycles. The molecule has 2 N–H and O–H groups in total. The Morgan fingerprint density at radius 3 is 2.00 bits per heavy atom. The summed E-state index contributed by atoms with van der Waals surface area (Å²) in [5, 5.41) is 7.43. The van der Waals surface area contributed by atoms with Gasteiger partial charge in [0.1, 0.15) is 5.75 Å². The van der Waals surface area contributed by atoms with Crippen molar-refractivity contribution in [2.45, 2.75) is 10.6 Å². The predicted octanol–water partition coefficient (Wildman–Crippen LogP) is 12.0. The Morgan fingerprint density at radius 1 is 0.511 bits per heavy atom. The fourth-order valence-corrected chi connectivity index (χ4v) is 8.59. The quantitative estimate of drug-likeness (QED) is 0.114. The van der Waals surface area contributed by atoms with Gasteiger partial charge in [-0.2, -0.15) is 0 Å². The molecule has 1 aliphatic rings. The van der Waals surface area contributed by atoms with Crippen LogP contribution in [0.4, 0.5) is 5.69 Å². The molecular formula is C44H31NOS. The van der Waals surface area contributed by atoms with Gasteiger partial charge in [0.05, 0.1) is 7.11 Å². The van der Waals surface area contributed by atoms with Crippen LogP contribution in [0, 0.1) is 0 Å². The predicted molar refractivity (Wildman–Crippen MR) is 201 cm³/mol. The van der Waals surface area contributed by atoms with Crippen molar-refractivity contribution in [3.05, 3.63) is 151 Å². The number of rotatable bonds is 6. The fraction of sp³-hybridized carbons (Fsp3) is 0.0455. The normalized spacial score (nSPS) is 11.8. The van der Waals surface area contributed by atoms with E-state index in [1.54, 1.807) is 7.11 Å². The van der Waals surface area contributed by atoms with E-state index in [1.807, 2.05) is 17.8 Å². The van der Waals surface area contributed by atoms with Crippen molar-refractivity contribution in [3.8, 4) is 50.3 Å². The number of fused-ring (bicyclic) bond motifs is 6. The van der Waals surface area contributed by atoms with Crippen molar-refractivity contribution in [2.75, 3.05) is 12.8 Å². The summed E-state index contributed by atoms with van der Waals surface area (Å²) in [6.45, 7) is 0. The van der Waals surface area contributed by atoms with E-state index in [0.717, 1.165) is 33.2 Å². The summed E-state index contributed by atoms with van der Waals surface area (Å²) in [6, 6.07) is 52.3. The van der Waals surface area contributed by atoms with Crippen LogP contribution in [-0.2, 0) is 5.75 Å². The van der Waals surface area contributed by atoms with Gasteiger partial charge in [0.15, 0.2) is 0 Å². The summed E-state index contributed by atoms with van der Waals surface area (Å²) in [4.78, 5) is 1.14. The number of nitrogens with two attached hydrogens (primary N) is 1. The molecule has 3 heteroatoms. The number of anilines is 1. The van der Waals surface area contributed by atoms with Crippen molar-refractivity contribution >= 4 is 49.8 Å². The van der Waals surface area contributed by atoms with E-state index in [2.05, 4.69) is 140 Å². The Morgan fingerprint density at radius 2 is 1.17 bits per heavy atom. The summed E-state index contributed by atoms with van der Waals surface area (Å²) >= 11 is 1.81. The average Bonchev–Trinajstić information content (AvgIpc) is 3.47. The van der Waals surface area contributed by atoms with Crippen LogP contribution in [0.1, 0.15) is 5.56 Å². The number of benzene rings is 8. The minimum atomic E-state index is 0.820. The monoisotopic (exact) mass is 621 g/mol. The van der Waals surface area contributed by atoms with E-state index in [9.17, 15) is 0 Å². The molecule has 8 aromatic carbocycles. The second-order valence-corrected chi connectivity index (χ2v) is 13.1. The molecule has 0 radical (unpaired) electrons. The highest BCUT2D eigenvalue weighted by Crippen LogP contribution is 2.57. The highest BCUT2D eigenvalue weighted by atomic mass is 32.2. The van der Waals surface area contributed by atoms with Crippen LogP contribution in [-0.4, -0.2) is 7.11 Å². The number of hydrogen-bond acceptors (Lipinski definition) is 3. The maximum atomic E-state index is 6.62. The Bertz CT molecular complexity index is 2500. The lowest BCUT2D eigenvalue weighted by Gasteiger charge is -2.21. The van der Waals surface area contributed by atoms with Gasteiger partial charge in [-0.25, -0.2) is 0 Å². The smallest absolute Gasteiger partial charge is 0.135 e. The highest BCUT2D eigenvalue weighted by molar-refractivity contribution is 7.99. The maximum Gasteiger partial charge on any atom is 0.135 e. The first-order valence-electron chi connectivity index (χ1n) is 15.9. The van der Waals surface area contributed by atoms with Crippen molar-refractivity contribution in [3.63, 3.8) is 0 Å². The minimum Gasteiger partial charge on any atom is -0.495 e. The molecule has 9 rings (SSSR count). The molecule has 2 nitrogen and oxygen atoms in total. The van der Waals surface area contributed by atoms with Crippen molar-refractivity contribution < 1.29 is 4.74 Å². The zero-order valence-corrected chi connectivity index (χ0v) is 26.8. The SMILES string of the molecule is COc1c(-c2ccccc2)c(-c2ccc(CSc3c(N)ccc4ccc5ccccc5c34)cc2)c2cccc3c2c1-c1ccccc1-3. The third-order valence-electron chi connectivity index (χ3n) is 9.56. The summed E-state index contributed by atoms with van der Waals surface area (Å²) in [6.07, 6.45) is 0. The number of thioether (sulfide) groups is 1. The third-order valence-corrected chi connectivity index (χ3v) is 10.8. The average molecular weight is 622 g/mol. The minimum absolute atomic E-state index is 0.820. The summed E-state index contributed by atoms with van der Waals surface area (Å²) in [5.41, 5.74) is 18.3. The van der Waals surface area contributed by atoms with Crippen LogP contribution in [0.5, 0.6) is 5.75 Å². The first kappa shape index (κ1) is 27.8. The Balaban J connectivity index is 1.17. The van der Waals surface area contributed by atoms with Gasteiger partial charge < -0.3 is 10.5 Å². The van der Waals surface area contributed by atoms with Crippen molar-refractivity contribution in [1.82, 2.24) is 0 Å². The van der Waals surface area contributed by atoms with Gasteiger partial charge in [-0.15, -0.1) is 11.8 Å². The van der Waals surface area contributed by atoms with E-state index in [1.165, 1.54) is 71.3 Å². The van der Waals surface area contributed by atoms with Gasteiger partial charge in [0.2, 0.25) is 0 Å². The summed E-state index contributed by atoms with van der Waals surface area (Å²) < 4.78 is 6.36. The van der Waals surface area contributed by atoms with Crippen molar-refractivity contribution in [2.24, 2.45) is 0 Å². The van der Waals surface area contributed by atoms with Crippen LogP contribution in [0.15, 0.2) is 150 Å². The van der Waals surface area contributed by atoms with Crippen LogP contribution in [0.3, 0.4) is 0 Å². The van der Waals surface area contributed by atoms with E-state index in [-0.39, 0.29) is 0 Å². The Kier molecular flexibility index (Phi) is 6.55. The van der Waals surface area contributed by atoms with E-state index in [0.29, 0.717) is 0 Å². The molecule has 224 valence electrons. The van der Waals surface area contributed by atoms with Crippen LogP contribution in [0.25, 0.3) is 76.8 Å². The highest BCUT2D eigenvalue weighted by Gasteiger charge is 2.30.